The topological polar surface area (TPSA) is 57.3 Å². The molecule has 0 unspecified atom stereocenters. The Hall–Kier alpha value is -1.92. The standard InChI is InChI=1S/C13H20F2N4O/c1-4-6-17-12-9(14)8-10(15)13(18-12)19(3)7-5-11(20)16-2/h8H,4-7H2,1-3H3,(H,16,20)(H,17,18). The third kappa shape index (κ3) is 4.32. The molecule has 0 saturated carbocycles. The first-order valence-corrected chi connectivity index (χ1v) is 6.51. The Kier molecular flexibility index (Phi) is 6.14. The summed E-state index contributed by atoms with van der Waals surface area (Å²) < 4.78 is 27.3. The molecule has 7 heteroatoms. The molecule has 5 nitrogen and oxygen atoms in total. The van der Waals surface area contributed by atoms with E-state index in [-0.39, 0.29) is 24.0 Å². The number of carbonyl (C=O) groups excluding carboxylic acids is 1. The van der Waals surface area contributed by atoms with E-state index < -0.39 is 11.6 Å². The van der Waals surface area contributed by atoms with Crippen LogP contribution in [0.3, 0.4) is 0 Å². The average molecular weight is 286 g/mol. The Morgan fingerprint density at radius 1 is 1.40 bits per heavy atom. The summed E-state index contributed by atoms with van der Waals surface area (Å²) in [5.74, 6) is -1.57. The minimum Gasteiger partial charge on any atom is -0.368 e. The second kappa shape index (κ2) is 7.62. The maximum absolute atomic E-state index is 13.7. The Morgan fingerprint density at radius 2 is 2.10 bits per heavy atom. The number of halogens is 2. The van der Waals surface area contributed by atoms with Crippen LogP contribution in [0.5, 0.6) is 0 Å². The smallest absolute Gasteiger partial charge is 0.221 e. The summed E-state index contributed by atoms with van der Waals surface area (Å²) in [6.45, 7) is 2.78. The zero-order chi connectivity index (χ0) is 15.1. The van der Waals surface area contributed by atoms with Crippen LogP contribution in [0, 0.1) is 11.6 Å². The van der Waals surface area contributed by atoms with Crippen molar-refractivity contribution in [2.24, 2.45) is 0 Å². The lowest BCUT2D eigenvalue weighted by atomic mass is 10.3. The number of nitrogens with one attached hydrogen (secondary N) is 2. The molecule has 0 radical (unpaired) electrons. The molecule has 0 atom stereocenters. The van der Waals surface area contributed by atoms with Crippen molar-refractivity contribution in [2.75, 3.05) is 37.4 Å². The lowest BCUT2D eigenvalue weighted by Crippen LogP contribution is -2.27. The Balaban J connectivity index is 2.84. The number of hydrogen-bond acceptors (Lipinski definition) is 4. The highest BCUT2D eigenvalue weighted by Gasteiger charge is 2.15. The van der Waals surface area contributed by atoms with E-state index in [1.807, 2.05) is 6.92 Å². The number of nitrogens with zero attached hydrogens (tertiary/aromatic N) is 2. The second-order valence-corrected chi connectivity index (χ2v) is 4.40. The number of pyridine rings is 1. The molecule has 1 amide bonds. The molecule has 0 saturated heterocycles. The van der Waals surface area contributed by atoms with Gasteiger partial charge in [-0.05, 0) is 6.42 Å². The minimum absolute atomic E-state index is 0.0221. The fourth-order valence-corrected chi connectivity index (χ4v) is 1.59. The summed E-state index contributed by atoms with van der Waals surface area (Å²) in [6.07, 6.45) is 1.02. The molecule has 2 N–H and O–H groups in total. The number of carbonyl (C=O) groups is 1. The normalized spacial score (nSPS) is 10.2. The summed E-state index contributed by atoms with van der Waals surface area (Å²) in [6, 6.07) is 0.802. The summed E-state index contributed by atoms with van der Waals surface area (Å²) >= 11 is 0. The predicted molar refractivity (Wildman–Crippen MR) is 74.9 cm³/mol. The number of hydrogen-bond donors (Lipinski definition) is 2. The van der Waals surface area contributed by atoms with Gasteiger partial charge in [-0.15, -0.1) is 0 Å². The zero-order valence-electron chi connectivity index (χ0n) is 12.0. The van der Waals surface area contributed by atoms with E-state index in [0.29, 0.717) is 13.1 Å². The lowest BCUT2D eigenvalue weighted by Gasteiger charge is -2.19. The van der Waals surface area contributed by atoms with Gasteiger partial charge in [-0.25, -0.2) is 13.8 Å². The first-order chi connectivity index (χ1) is 9.49. The van der Waals surface area contributed by atoms with Gasteiger partial charge in [0.25, 0.3) is 0 Å². The van der Waals surface area contributed by atoms with Crippen molar-refractivity contribution in [1.29, 1.82) is 0 Å². The maximum Gasteiger partial charge on any atom is 0.221 e. The van der Waals surface area contributed by atoms with Crippen LogP contribution >= 0.6 is 0 Å². The largest absolute Gasteiger partial charge is 0.368 e. The third-order valence-electron chi connectivity index (χ3n) is 2.77. The SMILES string of the molecule is CCCNc1nc(N(C)CCC(=O)NC)c(F)cc1F. The van der Waals surface area contributed by atoms with Crippen LogP contribution in [-0.2, 0) is 4.79 Å². The molecule has 0 spiro atoms. The van der Waals surface area contributed by atoms with Crippen molar-refractivity contribution in [3.05, 3.63) is 17.7 Å². The molecule has 0 bridgehead atoms. The highest BCUT2D eigenvalue weighted by atomic mass is 19.1. The monoisotopic (exact) mass is 286 g/mol. The molecular weight excluding hydrogens is 266 g/mol. The van der Waals surface area contributed by atoms with Gasteiger partial charge in [-0.3, -0.25) is 4.79 Å². The molecule has 0 aliphatic rings. The molecular formula is C13H20F2N4O. The third-order valence-corrected chi connectivity index (χ3v) is 2.77. The van der Waals surface area contributed by atoms with Gasteiger partial charge in [0.15, 0.2) is 23.3 Å². The fourth-order valence-electron chi connectivity index (χ4n) is 1.59. The van der Waals surface area contributed by atoms with Gasteiger partial charge >= 0.3 is 0 Å². The van der Waals surface area contributed by atoms with Gasteiger partial charge in [-0.1, -0.05) is 6.92 Å². The first-order valence-electron chi connectivity index (χ1n) is 6.51. The van der Waals surface area contributed by atoms with E-state index in [9.17, 15) is 13.6 Å². The molecule has 20 heavy (non-hydrogen) atoms. The van der Waals surface area contributed by atoms with E-state index in [1.54, 1.807) is 7.05 Å². The van der Waals surface area contributed by atoms with E-state index in [0.717, 1.165) is 12.5 Å². The summed E-state index contributed by atoms with van der Waals surface area (Å²) in [7, 11) is 3.14. The molecule has 1 rings (SSSR count). The van der Waals surface area contributed by atoms with Crippen molar-refractivity contribution >= 4 is 17.5 Å². The minimum atomic E-state index is -0.746. The first kappa shape index (κ1) is 16.1. The van der Waals surface area contributed by atoms with Crippen molar-refractivity contribution < 1.29 is 13.6 Å². The van der Waals surface area contributed by atoms with Gasteiger partial charge in [-0.2, -0.15) is 0 Å². The molecule has 0 aliphatic heterocycles. The molecule has 0 fully saturated rings. The van der Waals surface area contributed by atoms with Gasteiger partial charge in [0, 0.05) is 39.7 Å². The zero-order valence-corrected chi connectivity index (χ0v) is 12.0. The molecule has 112 valence electrons. The van der Waals surface area contributed by atoms with Crippen LogP contribution in [0.25, 0.3) is 0 Å². The van der Waals surface area contributed by atoms with E-state index in [1.165, 1.54) is 11.9 Å². The van der Waals surface area contributed by atoms with E-state index >= 15 is 0 Å². The molecule has 0 aromatic carbocycles. The van der Waals surface area contributed by atoms with Crippen LogP contribution in [0.15, 0.2) is 6.07 Å². The van der Waals surface area contributed by atoms with Crippen LogP contribution in [0.4, 0.5) is 20.4 Å². The van der Waals surface area contributed by atoms with Gasteiger partial charge in [0.05, 0.1) is 0 Å². The highest BCUT2D eigenvalue weighted by molar-refractivity contribution is 5.76. The summed E-state index contributed by atoms with van der Waals surface area (Å²) in [5.41, 5.74) is 0. The van der Waals surface area contributed by atoms with E-state index in [4.69, 9.17) is 0 Å². The second-order valence-electron chi connectivity index (χ2n) is 4.40. The maximum atomic E-state index is 13.7. The van der Waals surface area contributed by atoms with Crippen LogP contribution < -0.4 is 15.5 Å². The molecule has 1 aromatic heterocycles. The van der Waals surface area contributed by atoms with Gasteiger partial charge < -0.3 is 15.5 Å². The molecule has 1 heterocycles. The van der Waals surface area contributed by atoms with Crippen LogP contribution in [-0.4, -0.2) is 38.1 Å². The van der Waals surface area contributed by atoms with Gasteiger partial charge in [0.2, 0.25) is 5.91 Å². The van der Waals surface area contributed by atoms with Gasteiger partial charge in [0.1, 0.15) is 0 Å². The van der Waals surface area contributed by atoms with Crippen molar-refractivity contribution in [3.8, 4) is 0 Å². The number of aromatic nitrogens is 1. The fraction of sp³-hybridized carbons (Fsp3) is 0.538. The Bertz CT molecular complexity index is 468. The quantitative estimate of drug-likeness (QED) is 0.802. The Morgan fingerprint density at radius 3 is 2.70 bits per heavy atom. The average Bonchev–Trinajstić information content (AvgIpc) is 2.43. The molecule has 0 aliphatic carbocycles. The number of rotatable bonds is 7. The summed E-state index contributed by atoms with van der Waals surface area (Å²) in [4.78, 5) is 16.6. The number of anilines is 2. The van der Waals surface area contributed by atoms with Crippen LogP contribution in [0.2, 0.25) is 0 Å². The highest BCUT2D eigenvalue weighted by Crippen LogP contribution is 2.21. The van der Waals surface area contributed by atoms with Crippen molar-refractivity contribution in [2.45, 2.75) is 19.8 Å². The lowest BCUT2D eigenvalue weighted by molar-refractivity contribution is -0.120. The summed E-state index contributed by atoms with van der Waals surface area (Å²) in [5, 5.41) is 5.29. The van der Waals surface area contributed by atoms with Crippen molar-refractivity contribution in [1.82, 2.24) is 10.3 Å². The van der Waals surface area contributed by atoms with Crippen LogP contribution in [0.1, 0.15) is 19.8 Å². The van der Waals surface area contributed by atoms with Crippen molar-refractivity contribution in [3.63, 3.8) is 0 Å². The van der Waals surface area contributed by atoms with E-state index in [2.05, 4.69) is 15.6 Å². The predicted octanol–water partition coefficient (Wildman–Crippen LogP) is 1.75. The Labute approximate surface area is 117 Å². The molecule has 1 aromatic rings. The number of amides is 1.